The van der Waals surface area contributed by atoms with E-state index in [2.05, 4.69) is 29.3 Å². The predicted molar refractivity (Wildman–Crippen MR) is 170 cm³/mol. The predicted octanol–water partition coefficient (Wildman–Crippen LogP) is 6.14. The van der Waals surface area contributed by atoms with Crippen LogP contribution >= 0.6 is 11.6 Å². The van der Waals surface area contributed by atoms with E-state index in [0.29, 0.717) is 43.1 Å². The number of carbonyl (C=O) groups is 2. The molecular weight excluding hydrogens is 562 g/mol. The van der Waals surface area contributed by atoms with E-state index in [1.165, 1.54) is 12.7 Å². The molecule has 2 N–H and O–H groups in total. The Labute approximate surface area is 259 Å². The SMILES string of the molecule is CCc1cccc(-c2c(Cl)ccc3c2C(O)(CCCNC(=O)OC)[C@@]32CCCN(C(=O)c3ccc(CN(C)C)cc3)C2)c1. The van der Waals surface area contributed by atoms with Gasteiger partial charge in [0.2, 0.25) is 0 Å². The molecule has 0 radical (unpaired) electrons. The molecule has 2 amide bonds. The number of hydrogen-bond donors (Lipinski definition) is 2. The summed E-state index contributed by atoms with van der Waals surface area (Å²) < 4.78 is 4.74. The first-order valence-electron chi connectivity index (χ1n) is 15.1. The number of aliphatic hydroxyl groups is 1. The van der Waals surface area contributed by atoms with Crippen LogP contribution in [0.25, 0.3) is 11.1 Å². The van der Waals surface area contributed by atoms with Crippen LogP contribution in [-0.2, 0) is 28.7 Å². The number of aryl methyl sites for hydroxylation is 1. The zero-order valence-corrected chi connectivity index (χ0v) is 26.3. The molecule has 3 aromatic carbocycles. The number of likely N-dealkylation sites (tertiary alicyclic amines) is 1. The van der Waals surface area contributed by atoms with Gasteiger partial charge in [-0.1, -0.05) is 61.0 Å². The summed E-state index contributed by atoms with van der Waals surface area (Å²) in [6, 6.07) is 20.1. The number of benzene rings is 3. The van der Waals surface area contributed by atoms with Crippen molar-refractivity contribution in [2.75, 3.05) is 40.8 Å². The Kier molecular flexibility index (Phi) is 9.16. The van der Waals surface area contributed by atoms with Gasteiger partial charge in [0.05, 0.1) is 7.11 Å². The van der Waals surface area contributed by atoms with Crippen LogP contribution < -0.4 is 5.32 Å². The van der Waals surface area contributed by atoms with E-state index in [0.717, 1.165) is 53.6 Å². The van der Waals surface area contributed by atoms with Crippen molar-refractivity contribution in [1.82, 2.24) is 15.1 Å². The number of alkyl carbamates (subject to hydrolysis) is 1. The summed E-state index contributed by atoms with van der Waals surface area (Å²) in [6.45, 7) is 4.34. The number of nitrogens with one attached hydrogen (secondary N) is 1. The molecular formula is C35H42ClN3O4. The highest BCUT2D eigenvalue weighted by atomic mass is 35.5. The largest absolute Gasteiger partial charge is 0.453 e. The quantitative estimate of drug-likeness (QED) is 0.287. The molecule has 3 aromatic rings. The van der Waals surface area contributed by atoms with Gasteiger partial charge < -0.3 is 25.0 Å². The minimum atomic E-state index is -1.24. The zero-order valence-electron chi connectivity index (χ0n) is 25.6. The van der Waals surface area contributed by atoms with Gasteiger partial charge in [-0.15, -0.1) is 0 Å². The molecule has 2 aliphatic rings. The molecule has 8 heteroatoms. The molecule has 5 rings (SSSR count). The first kappa shape index (κ1) is 31.0. The van der Waals surface area contributed by atoms with E-state index in [4.69, 9.17) is 16.3 Å². The Balaban J connectivity index is 1.52. The minimum Gasteiger partial charge on any atom is -0.453 e. The Morgan fingerprint density at radius 2 is 1.86 bits per heavy atom. The van der Waals surface area contributed by atoms with Crippen LogP contribution in [0.3, 0.4) is 0 Å². The highest BCUT2D eigenvalue weighted by Crippen LogP contribution is 2.64. The molecule has 1 aliphatic heterocycles. The number of methoxy groups -OCH3 is 1. The lowest BCUT2D eigenvalue weighted by molar-refractivity contribution is -0.109. The average Bonchev–Trinajstić information content (AvgIpc) is 3.02. The normalized spacial score (nSPS) is 21.0. The van der Waals surface area contributed by atoms with Crippen LogP contribution in [0.5, 0.6) is 0 Å². The van der Waals surface area contributed by atoms with Gasteiger partial charge in [-0.05, 0) is 92.2 Å². The summed E-state index contributed by atoms with van der Waals surface area (Å²) in [5.74, 6) is -0.0246. The summed E-state index contributed by atoms with van der Waals surface area (Å²) in [6.07, 6.45) is 2.86. The van der Waals surface area contributed by atoms with Crippen LogP contribution in [-0.4, -0.2) is 67.7 Å². The van der Waals surface area contributed by atoms with Gasteiger partial charge in [0.1, 0.15) is 5.60 Å². The molecule has 43 heavy (non-hydrogen) atoms. The number of amides is 2. The number of carbonyl (C=O) groups excluding carboxylic acids is 2. The second-order valence-corrected chi connectivity index (χ2v) is 12.5. The van der Waals surface area contributed by atoms with Crippen LogP contribution in [0.1, 0.15) is 65.2 Å². The topological polar surface area (TPSA) is 82.1 Å². The monoisotopic (exact) mass is 603 g/mol. The van der Waals surface area contributed by atoms with Gasteiger partial charge in [-0.3, -0.25) is 4.79 Å². The summed E-state index contributed by atoms with van der Waals surface area (Å²) in [5, 5.41) is 16.1. The average molecular weight is 604 g/mol. The zero-order chi connectivity index (χ0) is 30.8. The van der Waals surface area contributed by atoms with Crippen LogP contribution in [0.2, 0.25) is 5.02 Å². The van der Waals surface area contributed by atoms with Gasteiger partial charge in [0.15, 0.2) is 0 Å². The molecule has 1 aliphatic carbocycles. The maximum absolute atomic E-state index is 13.8. The second-order valence-electron chi connectivity index (χ2n) is 12.1. The molecule has 0 aromatic heterocycles. The lowest BCUT2D eigenvalue weighted by Gasteiger charge is -2.62. The number of fused-ring (bicyclic) bond motifs is 2. The Bertz CT molecular complexity index is 1490. The Morgan fingerprint density at radius 3 is 2.56 bits per heavy atom. The van der Waals surface area contributed by atoms with Crippen molar-refractivity contribution in [1.29, 1.82) is 0 Å². The summed E-state index contributed by atoms with van der Waals surface area (Å²) >= 11 is 6.89. The van der Waals surface area contributed by atoms with E-state index in [1.807, 2.05) is 67.5 Å². The third-order valence-electron chi connectivity index (χ3n) is 9.15. The highest BCUT2D eigenvalue weighted by molar-refractivity contribution is 6.33. The third kappa shape index (κ3) is 5.78. The summed E-state index contributed by atoms with van der Waals surface area (Å²) in [4.78, 5) is 29.5. The molecule has 0 saturated carbocycles. The number of hydrogen-bond acceptors (Lipinski definition) is 5. The van der Waals surface area contributed by atoms with E-state index in [9.17, 15) is 14.7 Å². The van der Waals surface area contributed by atoms with Crippen LogP contribution in [0, 0.1) is 0 Å². The van der Waals surface area contributed by atoms with Crippen molar-refractivity contribution in [2.24, 2.45) is 0 Å². The van der Waals surface area contributed by atoms with E-state index >= 15 is 0 Å². The lowest BCUT2D eigenvalue weighted by Crippen LogP contribution is -2.66. The molecule has 7 nitrogen and oxygen atoms in total. The number of rotatable bonds is 9. The van der Waals surface area contributed by atoms with Crippen LogP contribution in [0.4, 0.5) is 4.79 Å². The lowest BCUT2D eigenvalue weighted by atomic mass is 9.47. The van der Waals surface area contributed by atoms with Gasteiger partial charge in [0, 0.05) is 47.7 Å². The number of nitrogens with zero attached hydrogens (tertiary/aromatic N) is 2. The van der Waals surface area contributed by atoms with Gasteiger partial charge in [-0.2, -0.15) is 0 Å². The van der Waals surface area contributed by atoms with E-state index < -0.39 is 17.1 Å². The molecule has 1 fully saturated rings. The standard InChI is InChI=1S/C35H42ClN3O4/c1-5-24-9-6-10-27(21-24)30-29(36)16-15-28-31(30)35(42,18-7-19-37-33(41)43-4)34(28)17-8-20-39(23-34)32(40)26-13-11-25(12-14-26)22-38(2)3/h6,9-16,21,42H,5,7-8,17-20,22-23H2,1-4H3,(H,37,41)/t34-,35?/m1/s1. The fourth-order valence-corrected chi connectivity index (χ4v) is 7.36. The fourth-order valence-electron chi connectivity index (χ4n) is 7.09. The van der Waals surface area contributed by atoms with Gasteiger partial charge in [-0.25, -0.2) is 4.79 Å². The molecule has 1 saturated heterocycles. The Hall–Kier alpha value is -3.39. The van der Waals surface area contributed by atoms with Crippen molar-refractivity contribution in [2.45, 2.75) is 56.6 Å². The minimum absolute atomic E-state index is 0.0246. The summed E-state index contributed by atoms with van der Waals surface area (Å²) in [7, 11) is 5.38. The number of ether oxygens (including phenoxy) is 1. The van der Waals surface area contributed by atoms with E-state index in [-0.39, 0.29) is 5.91 Å². The van der Waals surface area contributed by atoms with Crippen molar-refractivity contribution < 1.29 is 19.4 Å². The first-order valence-corrected chi connectivity index (χ1v) is 15.5. The molecule has 1 heterocycles. The maximum Gasteiger partial charge on any atom is 0.406 e. The van der Waals surface area contributed by atoms with Crippen molar-refractivity contribution in [3.8, 4) is 11.1 Å². The molecule has 228 valence electrons. The maximum atomic E-state index is 13.8. The van der Waals surface area contributed by atoms with E-state index in [1.54, 1.807) is 0 Å². The molecule has 1 unspecified atom stereocenters. The second kappa shape index (κ2) is 12.7. The summed E-state index contributed by atoms with van der Waals surface area (Å²) in [5.41, 5.74) is 4.83. The highest BCUT2D eigenvalue weighted by Gasteiger charge is 2.64. The van der Waals surface area contributed by atoms with Gasteiger partial charge >= 0.3 is 6.09 Å². The molecule has 0 bridgehead atoms. The fraction of sp³-hybridized carbons (Fsp3) is 0.429. The van der Waals surface area contributed by atoms with Crippen molar-refractivity contribution in [3.05, 3.63) is 93.5 Å². The van der Waals surface area contributed by atoms with Crippen molar-refractivity contribution >= 4 is 23.6 Å². The number of halogens is 1. The van der Waals surface area contributed by atoms with Crippen molar-refractivity contribution in [3.63, 3.8) is 0 Å². The van der Waals surface area contributed by atoms with Gasteiger partial charge in [0.25, 0.3) is 5.91 Å². The molecule has 2 atom stereocenters. The number of piperidine rings is 1. The molecule has 1 spiro atoms. The Morgan fingerprint density at radius 1 is 1.09 bits per heavy atom. The third-order valence-corrected chi connectivity index (χ3v) is 9.46. The van der Waals surface area contributed by atoms with Crippen LogP contribution in [0.15, 0.2) is 60.7 Å². The first-order chi connectivity index (χ1) is 20.6. The smallest absolute Gasteiger partial charge is 0.406 e.